The van der Waals surface area contributed by atoms with Crippen molar-refractivity contribution in [1.82, 2.24) is 14.9 Å². The van der Waals surface area contributed by atoms with E-state index in [1.807, 2.05) is 18.9 Å². The summed E-state index contributed by atoms with van der Waals surface area (Å²) in [4.78, 5) is 23.3. The van der Waals surface area contributed by atoms with Gasteiger partial charge in [0.05, 0.1) is 12.1 Å². The number of aromatic nitrogens is 2. The molecule has 0 unspecified atom stereocenters. The normalized spacial score (nSPS) is 13.6. The van der Waals surface area contributed by atoms with Gasteiger partial charge in [-0.1, -0.05) is 12.0 Å². The second-order valence-electron chi connectivity index (χ2n) is 9.53. The van der Waals surface area contributed by atoms with Gasteiger partial charge in [0.2, 0.25) is 0 Å². The Morgan fingerprint density at radius 3 is 2.71 bits per heavy atom. The summed E-state index contributed by atoms with van der Waals surface area (Å²) in [5, 5.41) is 2.65. The molecule has 0 radical (unpaired) electrons. The van der Waals surface area contributed by atoms with Crippen LogP contribution in [-0.4, -0.2) is 47.0 Å². The number of nitrogens with two attached hydrogens (primary N) is 1. The highest BCUT2D eigenvalue weighted by Gasteiger charge is 2.25. The molecule has 4 rings (SSSR count). The number of anilines is 2. The van der Waals surface area contributed by atoms with Gasteiger partial charge in [0, 0.05) is 17.3 Å². The molecule has 38 heavy (non-hydrogen) atoms. The molecule has 1 aliphatic carbocycles. The third-order valence-corrected chi connectivity index (χ3v) is 6.72. The van der Waals surface area contributed by atoms with E-state index in [0.29, 0.717) is 23.6 Å². The fourth-order valence-corrected chi connectivity index (χ4v) is 4.04. The Morgan fingerprint density at radius 2 is 2.03 bits per heavy atom. The van der Waals surface area contributed by atoms with Crippen LogP contribution in [0.2, 0.25) is 0 Å². The van der Waals surface area contributed by atoms with Crippen LogP contribution in [0.1, 0.15) is 54.1 Å². The number of ether oxygens (including phenoxy) is 1. The van der Waals surface area contributed by atoms with E-state index in [2.05, 4.69) is 27.1 Å². The summed E-state index contributed by atoms with van der Waals surface area (Å²) in [6.45, 7) is 6.31. The lowest BCUT2D eigenvalue weighted by molar-refractivity contribution is 0.102. The zero-order valence-corrected chi connectivity index (χ0v) is 21.9. The lowest BCUT2D eigenvalue weighted by Crippen LogP contribution is -2.34. The van der Waals surface area contributed by atoms with Crippen molar-refractivity contribution in [2.45, 2.75) is 45.6 Å². The lowest BCUT2D eigenvalue weighted by Gasteiger charge is -2.23. The first-order chi connectivity index (χ1) is 18.2. The predicted molar refractivity (Wildman–Crippen MR) is 144 cm³/mol. The molecule has 2 aromatic carbocycles. The maximum absolute atomic E-state index is 14.8. The third-order valence-electron chi connectivity index (χ3n) is 6.72. The van der Waals surface area contributed by atoms with Gasteiger partial charge in [-0.3, -0.25) is 9.69 Å². The van der Waals surface area contributed by atoms with Gasteiger partial charge < -0.3 is 15.8 Å². The number of carbonyl (C=O) groups excluding carboxylic acids is 1. The van der Waals surface area contributed by atoms with Gasteiger partial charge in [-0.05, 0) is 82.0 Å². The zero-order chi connectivity index (χ0) is 27.4. The molecular weight excluding hydrogens is 488 g/mol. The summed E-state index contributed by atoms with van der Waals surface area (Å²) in [5.41, 5.74) is 8.25. The van der Waals surface area contributed by atoms with Crippen molar-refractivity contribution < 1.29 is 18.3 Å². The highest BCUT2D eigenvalue weighted by molar-refractivity contribution is 6.05. The fraction of sp³-hybridized carbons (Fsp3) is 0.345. The molecule has 1 atom stereocenters. The van der Waals surface area contributed by atoms with Gasteiger partial charge in [-0.15, -0.1) is 5.92 Å². The molecule has 1 fully saturated rings. The van der Waals surface area contributed by atoms with Gasteiger partial charge in [0.15, 0.2) is 11.6 Å². The molecule has 7 nitrogen and oxygen atoms in total. The second-order valence-corrected chi connectivity index (χ2v) is 9.53. The van der Waals surface area contributed by atoms with Crippen molar-refractivity contribution >= 4 is 17.4 Å². The SMILES string of the molecule is CC#CCN(C)[C@@H](C)COc1c(N)ncnc1-c1cc(F)cc(NC(=O)c2ccc(C3CC3)cc2F)c1C. The van der Waals surface area contributed by atoms with E-state index in [-0.39, 0.29) is 41.2 Å². The van der Waals surface area contributed by atoms with Crippen LogP contribution in [0.5, 0.6) is 5.75 Å². The van der Waals surface area contributed by atoms with E-state index in [4.69, 9.17) is 10.5 Å². The quantitative estimate of drug-likeness (QED) is 0.379. The van der Waals surface area contributed by atoms with Crippen LogP contribution in [0.3, 0.4) is 0 Å². The minimum absolute atomic E-state index is 0.00652. The Labute approximate surface area is 221 Å². The summed E-state index contributed by atoms with van der Waals surface area (Å²) in [6.07, 6.45) is 3.32. The van der Waals surface area contributed by atoms with E-state index in [1.165, 1.54) is 30.6 Å². The first kappa shape index (κ1) is 27.0. The molecule has 198 valence electrons. The minimum atomic E-state index is -0.671. The number of hydrogen-bond donors (Lipinski definition) is 2. The van der Waals surface area contributed by atoms with Gasteiger partial charge in [0.25, 0.3) is 5.91 Å². The Kier molecular flexibility index (Phi) is 8.23. The summed E-state index contributed by atoms with van der Waals surface area (Å²) >= 11 is 0. The van der Waals surface area contributed by atoms with E-state index in [9.17, 15) is 13.6 Å². The monoisotopic (exact) mass is 519 g/mol. The van der Waals surface area contributed by atoms with Crippen molar-refractivity contribution in [2.24, 2.45) is 0 Å². The average Bonchev–Trinajstić information content (AvgIpc) is 3.73. The number of nitrogen functional groups attached to an aromatic ring is 1. The molecule has 0 saturated heterocycles. The Balaban J connectivity index is 1.60. The first-order valence-corrected chi connectivity index (χ1v) is 12.4. The molecule has 3 N–H and O–H groups in total. The molecular formula is C29H31F2N5O2. The number of halogens is 2. The van der Waals surface area contributed by atoms with E-state index >= 15 is 0 Å². The van der Waals surface area contributed by atoms with Crippen LogP contribution < -0.4 is 15.8 Å². The van der Waals surface area contributed by atoms with Gasteiger partial charge >= 0.3 is 0 Å². The summed E-state index contributed by atoms with van der Waals surface area (Å²) in [5.74, 6) is 4.65. The molecule has 1 amide bonds. The number of hydrogen-bond acceptors (Lipinski definition) is 6. The van der Waals surface area contributed by atoms with Crippen LogP contribution in [0, 0.1) is 30.4 Å². The first-order valence-electron chi connectivity index (χ1n) is 12.4. The minimum Gasteiger partial charge on any atom is -0.486 e. The molecule has 1 heterocycles. The number of nitrogens with one attached hydrogen (secondary N) is 1. The van der Waals surface area contributed by atoms with Gasteiger partial charge in [-0.2, -0.15) is 0 Å². The van der Waals surface area contributed by atoms with Gasteiger partial charge in [0.1, 0.15) is 30.3 Å². The number of carbonyl (C=O) groups is 1. The average molecular weight is 520 g/mol. The zero-order valence-electron chi connectivity index (χ0n) is 21.9. The summed E-state index contributed by atoms with van der Waals surface area (Å²) in [6, 6.07) is 7.10. The molecule has 1 aromatic heterocycles. The van der Waals surface area contributed by atoms with Crippen LogP contribution in [0.4, 0.5) is 20.3 Å². The summed E-state index contributed by atoms with van der Waals surface area (Å²) in [7, 11) is 1.93. The van der Waals surface area contributed by atoms with Crippen molar-refractivity contribution in [2.75, 3.05) is 31.2 Å². The number of rotatable bonds is 9. The highest BCUT2D eigenvalue weighted by atomic mass is 19.1. The maximum Gasteiger partial charge on any atom is 0.258 e. The molecule has 1 aliphatic rings. The van der Waals surface area contributed by atoms with Gasteiger partial charge in [-0.25, -0.2) is 18.7 Å². The van der Waals surface area contributed by atoms with Crippen molar-refractivity contribution in [1.29, 1.82) is 0 Å². The predicted octanol–water partition coefficient (Wildman–Crippen LogP) is 5.16. The Bertz CT molecular complexity index is 1410. The molecule has 9 heteroatoms. The van der Waals surface area contributed by atoms with E-state index in [0.717, 1.165) is 18.4 Å². The fourth-order valence-electron chi connectivity index (χ4n) is 4.04. The van der Waals surface area contributed by atoms with Crippen LogP contribution >= 0.6 is 0 Å². The molecule has 1 saturated carbocycles. The lowest BCUT2D eigenvalue weighted by atomic mass is 10.0. The summed E-state index contributed by atoms with van der Waals surface area (Å²) < 4.78 is 35.5. The second kappa shape index (κ2) is 11.6. The molecule has 0 bridgehead atoms. The Hall–Kier alpha value is -4.03. The van der Waals surface area contributed by atoms with Crippen molar-refractivity contribution in [3.63, 3.8) is 0 Å². The van der Waals surface area contributed by atoms with Crippen LogP contribution in [0.25, 0.3) is 11.3 Å². The topological polar surface area (TPSA) is 93.4 Å². The Morgan fingerprint density at radius 1 is 1.26 bits per heavy atom. The van der Waals surface area contributed by atoms with Crippen LogP contribution in [0.15, 0.2) is 36.7 Å². The molecule has 0 aliphatic heterocycles. The maximum atomic E-state index is 14.8. The smallest absolute Gasteiger partial charge is 0.258 e. The molecule has 0 spiro atoms. The molecule has 3 aromatic rings. The number of benzene rings is 2. The van der Waals surface area contributed by atoms with Crippen molar-refractivity contribution in [3.05, 3.63) is 65.0 Å². The van der Waals surface area contributed by atoms with Crippen molar-refractivity contribution in [3.8, 4) is 28.8 Å². The largest absolute Gasteiger partial charge is 0.486 e. The number of amides is 1. The third kappa shape index (κ3) is 6.09. The highest BCUT2D eigenvalue weighted by Crippen LogP contribution is 2.40. The van der Waals surface area contributed by atoms with E-state index in [1.54, 1.807) is 19.9 Å². The van der Waals surface area contributed by atoms with E-state index < -0.39 is 17.5 Å². The standard InChI is InChI=1S/C29H31F2N5O2/c1-5-6-11-36(4)17(2)15-38-27-26(33-16-34-28(27)32)23-13-21(30)14-25(18(23)3)35-29(37)22-10-9-20(12-24(22)31)19-7-8-19/h9-10,12-14,16-17,19H,7-8,11,15H2,1-4H3,(H,35,37)(H2,32,33,34)/t17-/m0/s1. The number of likely N-dealkylation sites (N-methyl/N-ethyl adjacent to an activating group) is 1. The van der Waals surface area contributed by atoms with Crippen LogP contribution in [-0.2, 0) is 0 Å². The number of nitrogens with zero attached hydrogens (tertiary/aromatic N) is 3.